The topological polar surface area (TPSA) is 43.3 Å². The van der Waals surface area contributed by atoms with Crippen molar-refractivity contribution in [2.45, 2.75) is 0 Å². The Kier molecular flexibility index (Phi) is 2.39. The number of hydrogen-bond acceptors (Lipinski definition) is 3. The molecule has 0 unspecified atom stereocenters. The molecular formula is C16H11N3O. The highest BCUT2D eigenvalue weighted by molar-refractivity contribution is 5.68. The summed E-state index contributed by atoms with van der Waals surface area (Å²) in [6.45, 7) is 0. The molecule has 0 N–H and O–H groups in total. The summed E-state index contributed by atoms with van der Waals surface area (Å²) in [5.74, 6) is 0. The normalized spacial score (nSPS) is 11.0. The van der Waals surface area contributed by atoms with Gasteiger partial charge in [-0.1, -0.05) is 35.5 Å². The number of fused-ring (bicyclic) bond motifs is 1. The van der Waals surface area contributed by atoms with E-state index in [1.54, 1.807) is 12.5 Å². The van der Waals surface area contributed by atoms with Gasteiger partial charge in [-0.15, -0.1) is 0 Å². The minimum atomic E-state index is 0.950. The third kappa shape index (κ3) is 1.78. The van der Waals surface area contributed by atoms with Gasteiger partial charge in [0.1, 0.15) is 11.9 Å². The van der Waals surface area contributed by atoms with Crippen LogP contribution in [0.5, 0.6) is 0 Å². The highest BCUT2D eigenvalue weighted by Crippen LogP contribution is 2.24. The minimum Gasteiger partial charge on any atom is -0.364 e. The van der Waals surface area contributed by atoms with Crippen LogP contribution in [0.25, 0.3) is 28.0 Å². The maximum absolute atomic E-state index is 4.86. The predicted octanol–water partition coefficient (Wildman–Crippen LogP) is 3.66. The highest BCUT2D eigenvalue weighted by atomic mass is 16.5. The average Bonchev–Trinajstić information content (AvgIpc) is 3.17. The number of aromatic nitrogens is 3. The van der Waals surface area contributed by atoms with E-state index in [0.29, 0.717) is 0 Å². The van der Waals surface area contributed by atoms with E-state index in [4.69, 9.17) is 4.52 Å². The molecule has 0 bridgehead atoms. The van der Waals surface area contributed by atoms with E-state index >= 15 is 0 Å². The second-order valence-corrected chi connectivity index (χ2v) is 4.58. The molecule has 20 heavy (non-hydrogen) atoms. The maximum Gasteiger partial charge on any atom is 0.137 e. The summed E-state index contributed by atoms with van der Waals surface area (Å²) in [6, 6.07) is 14.2. The van der Waals surface area contributed by atoms with Crippen molar-refractivity contribution < 1.29 is 4.52 Å². The lowest BCUT2D eigenvalue weighted by molar-refractivity contribution is 0.420. The first-order valence-electron chi connectivity index (χ1n) is 6.34. The molecule has 0 radical (unpaired) electrons. The summed E-state index contributed by atoms with van der Waals surface area (Å²) in [4.78, 5) is 4.61. The Labute approximate surface area is 115 Å². The van der Waals surface area contributed by atoms with Gasteiger partial charge in [-0.25, -0.2) is 4.98 Å². The molecule has 0 saturated carbocycles. The van der Waals surface area contributed by atoms with E-state index in [2.05, 4.69) is 22.3 Å². The lowest BCUT2D eigenvalue weighted by Crippen LogP contribution is -1.78. The predicted molar refractivity (Wildman–Crippen MR) is 76.1 cm³/mol. The van der Waals surface area contributed by atoms with Gasteiger partial charge in [-0.3, -0.25) is 0 Å². The molecule has 0 fully saturated rings. The number of imidazole rings is 1. The summed E-state index contributed by atoms with van der Waals surface area (Å²) in [7, 11) is 0. The van der Waals surface area contributed by atoms with Crippen LogP contribution < -0.4 is 0 Å². The van der Waals surface area contributed by atoms with E-state index in [-0.39, 0.29) is 0 Å². The fourth-order valence-electron chi connectivity index (χ4n) is 2.25. The van der Waals surface area contributed by atoms with E-state index < -0.39 is 0 Å². The Morgan fingerprint density at radius 1 is 0.900 bits per heavy atom. The molecule has 0 aliphatic carbocycles. The summed E-state index contributed by atoms with van der Waals surface area (Å²) >= 11 is 0. The van der Waals surface area contributed by atoms with Crippen molar-refractivity contribution in [2.75, 3.05) is 0 Å². The van der Waals surface area contributed by atoms with Crippen LogP contribution in [0.15, 0.2) is 71.8 Å². The van der Waals surface area contributed by atoms with E-state index in [1.165, 1.54) is 0 Å². The molecule has 4 rings (SSSR count). The van der Waals surface area contributed by atoms with Gasteiger partial charge in [-0.05, 0) is 17.7 Å². The second-order valence-electron chi connectivity index (χ2n) is 4.58. The average molecular weight is 261 g/mol. The summed E-state index contributed by atoms with van der Waals surface area (Å²) in [6.07, 6.45) is 7.38. The van der Waals surface area contributed by atoms with Gasteiger partial charge < -0.3 is 8.92 Å². The molecule has 0 saturated heterocycles. The first kappa shape index (κ1) is 11.0. The molecule has 1 aromatic carbocycles. The number of pyridine rings is 1. The van der Waals surface area contributed by atoms with Crippen molar-refractivity contribution in [3.63, 3.8) is 0 Å². The van der Waals surface area contributed by atoms with E-state index in [0.717, 1.165) is 28.0 Å². The Bertz CT molecular complexity index is 812. The van der Waals surface area contributed by atoms with Gasteiger partial charge >= 0.3 is 0 Å². The van der Waals surface area contributed by atoms with Gasteiger partial charge in [-0.2, -0.15) is 0 Å². The molecular weight excluding hydrogens is 250 g/mol. The standard InChI is InChI=1S/C16H11N3O/c1-2-8-19-10-15(18-16(19)3-1)13-6-4-12(5-7-13)14-9-17-20-11-14/h1-11H. The molecule has 4 nitrogen and oxygen atoms in total. The van der Waals surface area contributed by atoms with Gasteiger partial charge in [0.05, 0.1) is 11.9 Å². The SMILES string of the molecule is c1ccn2cc(-c3ccc(-c4cnoc4)cc3)nc2c1. The third-order valence-corrected chi connectivity index (χ3v) is 3.31. The van der Waals surface area contributed by atoms with Crippen molar-refractivity contribution in [2.24, 2.45) is 0 Å². The Morgan fingerprint density at radius 3 is 2.50 bits per heavy atom. The zero-order valence-corrected chi connectivity index (χ0v) is 10.6. The van der Waals surface area contributed by atoms with Crippen LogP contribution in [0, 0.1) is 0 Å². The lowest BCUT2D eigenvalue weighted by Gasteiger charge is -1.99. The maximum atomic E-state index is 4.86. The quantitative estimate of drug-likeness (QED) is 0.553. The van der Waals surface area contributed by atoms with Crippen LogP contribution in [0.4, 0.5) is 0 Å². The largest absolute Gasteiger partial charge is 0.364 e. The van der Waals surface area contributed by atoms with Crippen LogP contribution in [-0.2, 0) is 0 Å². The Morgan fingerprint density at radius 2 is 1.75 bits per heavy atom. The summed E-state index contributed by atoms with van der Waals surface area (Å²) in [5.41, 5.74) is 5.07. The van der Waals surface area contributed by atoms with Crippen LogP contribution >= 0.6 is 0 Å². The van der Waals surface area contributed by atoms with E-state index in [9.17, 15) is 0 Å². The second kappa shape index (κ2) is 4.35. The smallest absolute Gasteiger partial charge is 0.137 e. The summed E-state index contributed by atoms with van der Waals surface area (Å²) < 4.78 is 6.88. The van der Waals surface area contributed by atoms with Crippen molar-refractivity contribution in [3.05, 3.63) is 67.3 Å². The molecule has 0 aliphatic rings. The van der Waals surface area contributed by atoms with Crippen LogP contribution in [0.2, 0.25) is 0 Å². The van der Waals surface area contributed by atoms with Gasteiger partial charge in [0.25, 0.3) is 0 Å². The molecule has 0 atom stereocenters. The molecule has 0 aliphatic heterocycles. The van der Waals surface area contributed by atoms with Crippen molar-refractivity contribution in [1.82, 2.24) is 14.5 Å². The highest BCUT2D eigenvalue weighted by Gasteiger charge is 2.05. The molecule has 3 heterocycles. The number of benzene rings is 1. The van der Waals surface area contributed by atoms with Crippen molar-refractivity contribution in [3.8, 4) is 22.4 Å². The Hall–Kier alpha value is -2.88. The van der Waals surface area contributed by atoms with Crippen LogP contribution in [-0.4, -0.2) is 14.5 Å². The summed E-state index contributed by atoms with van der Waals surface area (Å²) in [5, 5.41) is 3.72. The molecule has 3 aromatic heterocycles. The molecule has 4 heteroatoms. The van der Waals surface area contributed by atoms with Crippen LogP contribution in [0.1, 0.15) is 0 Å². The van der Waals surface area contributed by atoms with Gasteiger partial charge in [0, 0.05) is 23.5 Å². The zero-order chi connectivity index (χ0) is 13.4. The fraction of sp³-hybridized carbons (Fsp3) is 0. The number of rotatable bonds is 2. The van der Waals surface area contributed by atoms with Crippen molar-refractivity contribution in [1.29, 1.82) is 0 Å². The first-order valence-corrected chi connectivity index (χ1v) is 6.34. The minimum absolute atomic E-state index is 0.950. The molecule has 0 amide bonds. The number of hydrogen-bond donors (Lipinski definition) is 0. The van der Waals surface area contributed by atoms with Crippen LogP contribution in [0.3, 0.4) is 0 Å². The molecule has 96 valence electrons. The molecule has 4 aromatic rings. The first-order chi connectivity index (χ1) is 9.90. The van der Waals surface area contributed by atoms with Gasteiger partial charge in [0.15, 0.2) is 0 Å². The third-order valence-electron chi connectivity index (χ3n) is 3.31. The van der Waals surface area contributed by atoms with Gasteiger partial charge in [0.2, 0.25) is 0 Å². The zero-order valence-electron chi connectivity index (χ0n) is 10.6. The monoisotopic (exact) mass is 261 g/mol. The lowest BCUT2D eigenvalue weighted by atomic mass is 10.1. The molecule has 0 spiro atoms. The van der Waals surface area contributed by atoms with Crippen molar-refractivity contribution >= 4 is 5.65 Å². The Balaban J connectivity index is 1.75. The van der Waals surface area contributed by atoms with E-state index in [1.807, 2.05) is 47.1 Å². The fourth-order valence-corrected chi connectivity index (χ4v) is 2.25. The number of nitrogens with zero attached hydrogens (tertiary/aromatic N) is 3.